The van der Waals surface area contributed by atoms with Gasteiger partial charge in [0.1, 0.15) is 0 Å². The van der Waals surface area contributed by atoms with Crippen molar-refractivity contribution in [3.05, 3.63) is 69.7 Å². The van der Waals surface area contributed by atoms with Gasteiger partial charge in [0.05, 0.1) is 13.2 Å². The third-order valence-corrected chi connectivity index (χ3v) is 3.78. The highest BCUT2D eigenvalue weighted by molar-refractivity contribution is 6.31. The molecule has 5 nitrogen and oxygen atoms in total. The van der Waals surface area contributed by atoms with E-state index in [9.17, 15) is 9.59 Å². The molecule has 2 aromatic rings. The Morgan fingerprint density at radius 2 is 1.08 bits per heavy atom. The Kier molecular flexibility index (Phi) is 7.73. The first-order chi connectivity index (χ1) is 12.1. The molecule has 0 aliphatic heterocycles. The van der Waals surface area contributed by atoms with Gasteiger partial charge in [0.25, 0.3) is 11.8 Å². The number of benzene rings is 2. The molecule has 0 aliphatic rings. The van der Waals surface area contributed by atoms with Crippen LogP contribution in [-0.4, -0.2) is 38.1 Å². The molecule has 132 valence electrons. The molecule has 0 unspecified atom stereocenters. The summed E-state index contributed by atoms with van der Waals surface area (Å²) in [5.74, 6) is -0.368. The molecule has 2 rings (SSSR count). The van der Waals surface area contributed by atoms with Gasteiger partial charge in [-0.2, -0.15) is 0 Å². The van der Waals surface area contributed by atoms with Crippen LogP contribution in [0.4, 0.5) is 0 Å². The monoisotopic (exact) mass is 380 g/mol. The van der Waals surface area contributed by atoms with E-state index in [0.717, 1.165) is 0 Å². The summed E-state index contributed by atoms with van der Waals surface area (Å²) < 4.78 is 5.37. The Hall–Kier alpha value is -2.08. The molecule has 0 aliphatic carbocycles. The summed E-state index contributed by atoms with van der Waals surface area (Å²) in [5, 5.41) is 6.65. The van der Waals surface area contributed by atoms with Gasteiger partial charge in [0.2, 0.25) is 0 Å². The standard InChI is InChI=1S/C18H18Cl2N2O3/c19-15-5-1-13(2-6-15)17(23)21-9-11-25-12-10-22-18(24)14-3-7-16(20)8-4-14/h1-8H,9-12H2,(H,21,23)(H,22,24). The maximum atomic E-state index is 11.8. The lowest BCUT2D eigenvalue weighted by Crippen LogP contribution is -2.30. The van der Waals surface area contributed by atoms with E-state index >= 15 is 0 Å². The van der Waals surface area contributed by atoms with E-state index in [2.05, 4.69) is 10.6 Å². The van der Waals surface area contributed by atoms with Gasteiger partial charge in [-0.05, 0) is 48.5 Å². The van der Waals surface area contributed by atoms with Crippen LogP contribution in [0.3, 0.4) is 0 Å². The van der Waals surface area contributed by atoms with Gasteiger partial charge in [0.15, 0.2) is 0 Å². The fourth-order valence-electron chi connectivity index (χ4n) is 1.98. The van der Waals surface area contributed by atoms with Gasteiger partial charge >= 0.3 is 0 Å². The van der Waals surface area contributed by atoms with Crippen LogP contribution in [-0.2, 0) is 4.74 Å². The van der Waals surface area contributed by atoms with Gasteiger partial charge in [-0.3, -0.25) is 9.59 Å². The summed E-state index contributed by atoms with van der Waals surface area (Å²) in [4.78, 5) is 23.7. The number of nitrogens with one attached hydrogen (secondary N) is 2. The van der Waals surface area contributed by atoms with Crippen molar-refractivity contribution >= 4 is 35.0 Å². The Labute approximate surface area is 156 Å². The molecule has 0 bridgehead atoms. The highest BCUT2D eigenvalue weighted by Gasteiger charge is 2.05. The van der Waals surface area contributed by atoms with Crippen LogP contribution in [0.5, 0.6) is 0 Å². The molecule has 0 atom stereocenters. The number of hydrogen-bond acceptors (Lipinski definition) is 3. The van der Waals surface area contributed by atoms with Crippen LogP contribution in [0.2, 0.25) is 10.0 Å². The summed E-state index contributed by atoms with van der Waals surface area (Å²) in [6.07, 6.45) is 0. The first-order valence-corrected chi connectivity index (χ1v) is 8.47. The lowest BCUT2D eigenvalue weighted by atomic mass is 10.2. The van der Waals surface area contributed by atoms with Gasteiger partial charge in [-0.25, -0.2) is 0 Å². The van der Waals surface area contributed by atoms with Crippen LogP contribution in [0.15, 0.2) is 48.5 Å². The van der Waals surface area contributed by atoms with Crippen LogP contribution >= 0.6 is 23.2 Å². The van der Waals surface area contributed by atoms with Crippen molar-refractivity contribution in [2.45, 2.75) is 0 Å². The Bertz CT molecular complexity index is 642. The Morgan fingerprint density at radius 1 is 0.720 bits per heavy atom. The van der Waals surface area contributed by atoms with Crippen molar-refractivity contribution in [1.29, 1.82) is 0 Å². The van der Waals surface area contributed by atoms with Crippen LogP contribution in [0.25, 0.3) is 0 Å². The molecule has 0 saturated carbocycles. The third-order valence-electron chi connectivity index (χ3n) is 3.28. The second-order valence-electron chi connectivity index (χ2n) is 5.14. The average Bonchev–Trinajstić information content (AvgIpc) is 2.61. The van der Waals surface area contributed by atoms with E-state index < -0.39 is 0 Å². The third kappa shape index (κ3) is 6.74. The quantitative estimate of drug-likeness (QED) is 0.691. The number of carbonyl (C=O) groups excluding carboxylic acids is 2. The molecule has 2 aromatic carbocycles. The highest BCUT2D eigenvalue weighted by Crippen LogP contribution is 2.09. The molecule has 0 saturated heterocycles. The van der Waals surface area contributed by atoms with Crippen LogP contribution in [0.1, 0.15) is 20.7 Å². The summed E-state index contributed by atoms with van der Waals surface area (Å²) in [6, 6.07) is 13.3. The molecule has 2 amide bonds. The summed E-state index contributed by atoms with van der Waals surface area (Å²) in [7, 11) is 0. The van der Waals surface area contributed by atoms with E-state index in [1.54, 1.807) is 48.5 Å². The summed E-state index contributed by atoms with van der Waals surface area (Å²) in [5.41, 5.74) is 1.08. The van der Waals surface area contributed by atoms with Crippen molar-refractivity contribution in [1.82, 2.24) is 10.6 Å². The minimum Gasteiger partial charge on any atom is -0.378 e. The largest absolute Gasteiger partial charge is 0.378 e. The predicted octanol–water partition coefficient (Wildman–Crippen LogP) is 3.17. The number of halogens is 2. The number of amides is 2. The normalized spacial score (nSPS) is 10.3. The average molecular weight is 381 g/mol. The highest BCUT2D eigenvalue weighted by atomic mass is 35.5. The second-order valence-corrected chi connectivity index (χ2v) is 6.01. The molecule has 7 heteroatoms. The number of rotatable bonds is 8. The minimum atomic E-state index is -0.184. The molecule has 2 N–H and O–H groups in total. The molecule has 0 aromatic heterocycles. The van der Waals surface area contributed by atoms with Crippen LogP contribution < -0.4 is 10.6 Å². The van der Waals surface area contributed by atoms with Crippen molar-refractivity contribution in [3.8, 4) is 0 Å². The summed E-state index contributed by atoms with van der Waals surface area (Å²) in [6.45, 7) is 1.48. The van der Waals surface area contributed by atoms with Gasteiger partial charge < -0.3 is 15.4 Å². The van der Waals surface area contributed by atoms with Gasteiger partial charge in [0, 0.05) is 34.3 Å². The van der Waals surface area contributed by atoms with E-state index in [1.165, 1.54) is 0 Å². The van der Waals surface area contributed by atoms with E-state index in [0.29, 0.717) is 47.5 Å². The molecule has 0 spiro atoms. The molecule has 0 radical (unpaired) electrons. The zero-order chi connectivity index (χ0) is 18.1. The predicted molar refractivity (Wildman–Crippen MR) is 98.4 cm³/mol. The van der Waals surface area contributed by atoms with Crippen molar-refractivity contribution < 1.29 is 14.3 Å². The van der Waals surface area contributed by atoms with E-state index in [4.69, 9.17) is 27.9 Å². The molecule has 0 heterocycles. The minimum absolute atomic E-state index is 0.184. The van der Waals surface area contributed by atoms with Crippen molar-refractivity contribution in [3.63, 3.8) is 0 Å². The molecular weight excluding hydrogens is 363 g/mol. The molecule has 25 heavy (non-hydrogen) atoms. The molecular formula is C18H18Cl2N2O3. The maximum absolute atomic E-state index is 11.8. The number of ether oxygens (including phenoxy) is 1. The zero-order valence-corrected chi connectivity index (χ0v) is 14.9. The Balaban J connectivity index is 1.56. The fraction of sp³-hybridized carbons (Fsp3) is 0.222. The number of hydrogen-bond donors (Lipinski definition) is 2. The van der Waals surface area contributed by atoms with Gasteiger partial charge in [-0.15, -0.1) is 0 Å². The van der Waals surface area contributed by atoms with Crippen molar-refractivity contribution in [2.24, 2.45) is 0 Å². The van der Waals surface area contributed by atoms with Crippen LogP contribution in [0, 0.1) is 0 Å². The first kappa shape index (κ1) is 19.2. The fourth-order valence-corrected chi connectivity index (χ4v) is 2.23. The lowest BCUT2D eigenvalue weighted by molar-refractivity contribution is 0.0893. The van der Waals surface area contributed by atoms with Crippen molar-refractivity contribution in [2.75, 3.05) is 26.3 Å². The maximum Gasteiger partial charge on any atom is 0.251 e. The lowest BCUT2D eigenvalue weighted by Gasteiger charge is -2.08. The van der Waals surface area contributed by atoms with E-state index in [1.807, 2.05) is 0 Å². The first-order valence-electron chi connectivity index (χ1n) is 7.71. The topological polar surface area (TPSA) is 67.4 Å². The SMILES string of the molecule is O=C(NCCOCCNC(=O)c1ccc(Cl)cc1)c1ccc(Cl)cc1. The smallest absolute Gasteiger partial charge is 0.251 e. The Morgan fingerprint density at radius 3 is 1.44 bits per heavy atom. The second kappa shape index (κ2) is 10.0. The van der Waals surface area contributed by atoms with Gasteiger partial charge in [-0.1, -0.05) is 23.2 Å². The number of carbonyl (C=O) groups is 2. The summed E-state index contributed by atoms with van der Waals surface area (Å²) >= 11 is 11.5. The molecule has 0 fully saturated rings. The zero-order valence-electron chi connectivity index (χ0n) is 13.4. The van der Waals surface area contributed by atoms with E-state index in [-0.39, 0.29) is 11.8 Å².